The first-order chi connectivity index (χ1) is 7.65. The highest BCUT2D eigenvalue weighted by atomic mass is 79.9. The first-order valence-corrected chi connectivity index (χ1v) is 5.73. The van der Waals surface area contributed by atoms with Crippen LogP contribution in [0.5, 0.6) is 0 Å². The van der Waals surface area contributed by atoms with E-state index < -0.39 is 0 Å². The summed E-state index contributed by atoms with van der Waals surface area (Å²) in [6, 6.07) is 6.66. The molecule has 0 spiro atoms. The molecule has 0 saturated carbocycles. The molecule has 4 nitrogen and oxygen atoms in total. The van der Waals surface area contributed by atoms with Gasteiger partial charge in [-0.1, -0.05) is 33.2 Å². The minimum atomic E-state index is 0.449. The molecule has 1 heterocycles. The third-order valence-electron chi connectivity index (χ3n) is 2.17. The first-order valence-electron chi connectivity index (χ1n) is 4.94. The molecule has 0 radical (unpaired) electrons. The van der Waals surface area contributed by atoms with Crippen molar-refractivity contribution in [2.24, 2.45) is 0 Å². The van der Waals surface area contributed by atoms with Crippen molar-refractivity contribution in [1.29, 1.82) is 0 Å². The average Bonchev–Trinajstić information content (AvgIpc) is 2.63. The lowest BCUT2D eigenvalue weighted by Crippen LogP contribution is -2.00. The molecule has 16 heavy (non-hydrogen) atoms. The van der Waals surface area contributed by atoms with E-state index >= 15 is 0 Å². The van der Waals surface area contributed by atoms with Gasteiger partial charge in [-0.25, -0.2) is 0 Å². The van der Waals surface area contributed by atoms with Gasteiger partial charge in [-0.15, -0.1) is 0 Å². The molecule has 2 aromatic rings. The van der Waals surface area contributed by atoms with Crippen LogP contribution >= 0.6 is 15.9 Å². The molecule has 1 aromatic heterocycles. The molecule has 0 unspecified atom stereocenters. The maximum absolute atomic E-state index is 4.96. The summed E-state index contributed by atoms with van der Waals surface area (Å²) in [5, 5.41) is 6.78. The molecule has 0 fully saturated rings. The Bertz CT molecular complexity index is 496. The second-order valence-corrected chi connectivity index (χ2v) is 4.45. The maximum Gasteiger partial charge on any atom is 0.321 e. The summed E-state index contributed by atoms with van der Waals surface area (Å²) in [6.45, 7) is 4.50. The van der Waals surface area contributed by atoms with Gasteiger partial charge in [0.2, 0.25) is 0 Å². The van der Waals surface area contributed by atoms with Crippen LogP contribution in [0.1, 0.15) is 17.0 Å². The third kappa shape index (κ3) is 2.61. The Labute approximate surface area is 102 Å². The van der Waals surface area contributed by atoms with Crippen LogP contribution in [-0.2, 0) is 6.54 Å². The summed E-state index contributed by atoms with van der Waals surface area (Å²) in [6.07, 6.45) is 0. The van der Waals surface area contributed by atoms with Crippen molar-refractivity contribution >= 4 is 21.9 Å². The summed E-state index contributed by atoms with van der Waals surface area (Å²) in [4.78, 5) is 4.07. The van der Waals surface area contributed by atoms with E-state index in [0.29, 0.717) is 18.4 Å². The predicted octanol–water partition coefficient (Wildman–Crippen LogP) is 3.06. The highest BCUT2D eigenvalue weighted by molar-refractivity contribution is 9.10. The van der Waals surface area contributed by atoms with Gasteiger partial charge in [-0.05, 0) is 31.0 Å². The zero-order chi connectivity index (χ0) is 11.5. The van der Waals surface area contributed by atoms with Crippen molar-refractivity contribution in [2.45, 2.75) is 20.4 Å². The van der Waals surface area contributed by atoms with Gasteiger partial charge in [0, 0.05) is 11.0 Å². The van der Waals surface area contributed by atoms with Crippen molar-refractivity contribution in [3.8, 4) is 0 Å². The molecule has 0 aliphatic heterocycles. The zero-order valence-corrected chi connectivity index (χ0v) is 10.7. The lowest BCUT2D eigenvalue weighted by atomic mass is 10.1. The highest BCUT2D eigenvalue weighted by Crippen LogP contribution is 2.19. The molecule has 5 heteroatoms. The molecule has 2 rings (SSSR count). The number of benzene rings is 1. The molecule has 1 N–H and O–H groups in total. The fourth-order valence-corrected chi connectivity index (χ4v) is 1.97. The molecular formula is C11H12BrN3O. The van der Waals surface area contributed by atoms with E-state index in [0.717, 1.165) is 10.0 Å². The van der Waals surface area contributed by atoms with Gasteiger partial charge in [0.1, 0.15) is 0 Å². The number of hydrogen-bond donors (Lipinski definition) is 1. The van der Waals surface area contributed by atoms with Crippen molar-refractivity contribution < 1.29 is 4.52 Å². The number of hydrogen-bond acceptors (Lipinski definition) is 4. The Hall–Kier alpha value is -1.36. The molecule has 0 aliphatic carbocycles. The predicted molar refractivity (Wildman–Crippen MR) is 65.2 cm³/mol. The van der Waals surface area contributed by atoms with Crippen molar-refractivity contribution in [1.82, 2.24) is 10.1 Å². The fourth-order valence-electron chi connectivity index (χ4n) is 1.34. The number of anilines is 1. The van der Waals surface area contributed by atoms with Crippen LogP contribution in [0.25, 0.3) is 0 Å². The van der Waals surface area contributed by atoms with Gasteiger partial charge in [-0.3, -0.25) is 0 Å². The molecule has 0 saturated heterocycles. The summed E-state index contributed by atoms with van der Waals surface area (Å²) in [5.74, 6) is 0.630. The molecule has 0 amide bonds. The topological polar surface area (TPSA) is 51.0 Å². The molecule has 1 aromatic carbocycles. The minimum absolute atomic E-state index is 0.449. The highest BCUT2D eigenvalue weighted by Gasteiger charge is 2.03. The second kappa shape index (κ2) is 4.65. The number of halogens is 1. The van der Waals surface area contributed by atoms with Gasteiger partial charge in [0.15, 0.2) is 5.82 Å². The van der Waals surface area contributed by atoms with Crippen LogP contribution in [-0.4, -0.2) is 10.1 Å². The first kappa shape index (κ1) is 11.1. The quantitative estimate of drug-likeness (QED) is 0.940. The Morgan fingerprint density at radius 3 is 2.81 bits per heavy atom. The second-order valence-electron chi connectivity index (χ2n) is 3.60. The van der Waals surface area contributed by atoms with E-state index in [1.165, 1.54) is 5.56 Å². The van der Waals surface area contributed by atoms with Crippen LogP contribution < -0.4 is 5.32 Å². The van der Waals surface area contributed by atoms with E-state index in [4.69, 9.17) is 4.52 Å². The number of nitrogens with one attached hydrogen (secondary N) is 1. The van der Waals surface area contributed by atoms with Gasteiger partial charge >= 0.3 is 6.01 Å². The van der Waals surface area contributed by atoms with E-state index in [9.17, 15) is 0 Å². The Balaban J connectivity index is 2.04. The standard InChI is InChI=1S/C11H12BrN3O/c1-7-3-4-9(10(12)5-7)6-13-11-14-8(2)15-16-11/h3-5H,6H2,1-2H3,(H,13,14,15). The zero-order valence-electron chi connectivity index (χ0n) is 9.12. The third-order valence-corrected chi connectivity index (χ3v) is 2.90. The maximum atomic E-state index is 4.96. The van der Waals surface area contributed by atoms with E-state index in [2.05, 4.69) is 56.5 Å². The smallest absolute Gasteiger partial charge is 0.321 e. The average molecular weight is 282 g/mol. The van der Waals surface area contributed by atoms with Crippen molar-refractivity contribution in [2.75, 3.05) is 5.32 Å². The van der Waals surface area contributed by atoms with E-state index in [1.807, 2.05) is 0 Å². The summed E-state index contributed by atoms with van der Waals surface area (Å²) >= 11 is 3.52. The van der Waals surface area contributed by atoms with Crippen LogP contribution in [0.15, 0.2) is 27.2 Å². The number of aromatic nitrogens is 2. The van der Waals surface area contributed by atoms with Gasteiger partial charge < -0.3 is 9.84 Å². The Kier molecular flexibility index (Phi) is 3.24. The minimum Gasteiger partial charge on any atom is -0.334 e. The fraction of sp³-hybridized carbons (Fsp3) is 0.273. The van der Waals surface area contributed by atoms with Crippen LogP contribution in [0.2, 0.25) is 0 Å². The van der Waals surface area contributed by atoms with Gasteiger partial charge in [-0.2, -0.15) is 4.98 Å². The summed E-state index contributed by atoms with van der Waals surface area (Å²) in [5.41, 5.74) is 2.38. The molecule has 84 valence electrons. The number of rotatable bonds is 3. The van der Waals surface area contributed by atoms with Crippen LogP contribution in [0, 0.1) is 13.8 Å². The molecule has 0 bridgehead atoms. The monoisotopic (exact) mass is 281 g/mol. The van der Waals surface area contributed by atoms with Crippen molar-refractivity contribution in [3.63, 3.8) is 0 Å². The molecule has 0 aliphatic rings. The number of nitrogens with zero attached hydrogens (tertiary/aromatic N) is 2. The SMILES string of the molecule is Cc1ccc(CNc2nc(C)no2)c(Br)c1. The largest absolute Gasteiger partial charge is 0.334 e. The molecular weight excluding hydrogens is 270 g/mol. The Morgan fingerprint density at radius 1 is 1.38 bits per heavy atom. The van der Waals surface area contributed by atoms with Gasteiger partial charge in [0.05, 0.1) is 0 Å². The van der Waals surface area contributed by atoms with Crippen molar-refractivity contribution in [3.05, 3.63) is 39.6 Å². The van der Waals surface area contributed by atoms with Crippen LogP contribution in [0.4, 0.5) is 6.01 Å². The Morgan fingerprint density at radius 2 is 2.19 bits per heavy atom. The summed E-state index contributed by atoms with van der Waals surface area (Å²) < 4.78 is 6.04. The van der Waals surface area contributed by atoms with E-state index in [1.54, 1.807) is 6.92 Å². The normalized spacial score (nSPS) is 10.4. The van der Waals surface area contributed by atoms with E-state index in [-0.39, 0.29) is 0 Å². The number of aryl methyl sites for hydroxylation is 2. The van der Waals surface area contributed by atoms with Gasteiger partial charge in [0.25, 0.3) is 0 Å². The lowest BCUT2D eigenvalue weighted by Gasteiger charge is -2.05. The van der Waals surface area contributed by atoms with Crippen LogP contribution in [0.3, 0.4) is 0 Å². The lowest BCUT2D eigenvalue weighted by molar-refractivity contribution is 0.425. The summed E-state index contributed by atoms with van der Waals surface area (Å²) in [7, 11) is 0. The molecule has 0 atom stereocenters.